The van der Waals surface area contributed by atoms with Crippen LogP contribution in [-0.2, 0) is 11.3 Å². The first-order valence-electron chi connectivity index (χ1n) is 6.45. The molecule has 5 nitrogen and oxygen atoms in total. The third kappa shape index (κ3) is 2.50. The molecule has 2 heterocycles. The Labute approximate surface area is 111 Å². The zero-order valence-electron chi connectivity index (χ0n) is 10.8. The summed E-state index contributed by atoms with van der Waals surface area (Å²) in [5.74, 6) is 1.69. The van der Waals surface area contributed by atoms with Gasteiger partial charge >= 0.3 is 0 Å². The Balaban J connectivity index is 1.72. The van der Waals surface area contributed by atoms with E-state index in [1.54, 1.807) is 18.7 Å². The monoisotopic (exact) mass is 256 g/mol. The van der Waals surface area contributed by atoms with Gasteiger partial charge in [-0.3, -0.25) is 9.36 Å². The first-order valence-corrected chi connectivity index (χ1v) is 6.45. The van der Waals surface area contributed by atoms with Crippen molar-refractivity contribution in [3.8, 4) is 5.82 Å². The molecule has 1 N–H and O–H groups in total. The molecule has 0 aliphatic heterocycles. The van der Waals surface area contributed by atoms with Crippen LogP contribution in [0.1, 0.15) is 18.9 Å². The van der Waals surface area contributed by atoms with Crippen molar-refractivity contribution < 1.29 is 4.79 Å². The molecule has 0 spiro atoms. The fourth-order valence-electron chi connectivity index (χ4n) is 2.19. The number of nitrogens with zero attached hydrogens (tertiary/aromatic N) is 3. The van der Waals surface area contributed by atoms with E-state index in [4.69, 9.17) is 0 Å². The van der Waals surface area contributed by atoms with E-state index in [-0.39, 0.29) is 11.8 Å². The van der Waals surface area contributed by atoms with E-state index >= 15 is 0 Å². The largest absolute Gasteiger partial charge is 0.352 e. The predicted octanol–water partition coefficient (Wildman–Crippen LogP) is 1.54. The molecule has 1 aliphatic carbocycles. The van der Waals surface area contributed by atoms with Crippen molar-refractivity contribution in [3.05, 3.63) is 42.6 Å². The summed E-state index contributed by atoms with van der Waals surface area (Å²) in [5.41, 5.74) is 0.988. The van der Waals surface area contributed by atoms with Crippen LogP contribution < -0.4 is 5.32 Å². The summed E-state index contributed by atoms with van der Waals surface area (Å²) in [6, 6.07) is 3.85. The number of hydrogen-bond acceptors (Lipinski definition) is 3. The number of aromatic nitrogens is 3. The number of carbonyl (C=O) groups excluding carboxylic acids is 1. The number of nitrogens with one attached hydrogen (secondary N) is 1. The van der Waals surface area contributed by atoms with Crippen molar-refractivity contribution >= 4 is 5.91 Å². The van der Waals surface area contributed by atoms with Gasteiger partial charge in [0.1, 0.15) is 12.1 Å². The van der Waals surface area contributed by atoms with Gasteiger partial charge in [0.2, 0.25) is 5.91 Å². The predicted molar refractivity (Wildman–Crippen MR) is 70.5 cm³/mol. The van der Waals surface area contributed by atoms with Crippen molar-refractivity contribution in [2.75, 3.05) is 0 Å². The van der Waals surface area contributed by atoms with Gasteiger partial charge in [-0.25, -0.2) is 9.97 Å². The second-order valence-corrected chi connectivity index (χ2v) is 4.99. The highest BCUT2D eigenvalue weighted by atomic mass is 16.2. The average molecular weight is 256 g/mol. The molecule has 19 heavy (non-hydrogen) atoms. The molecule has 1 aliphatic rings. The Hall–Kier alpha value is -2.17. The van der Waals surface area contributed by atoms with Crippen LogP contribution in [0, 0.1) is 11.8 Å². The Morgan fingerprint density at radius 3 is 3.05 bits per heavy atom. The summed E-state index contributed by atoms with van der Waals surface area (Å²) in [7, 11) is 0. The van der Waals surface area contributed by atoms with Crippen LogP contribution in [-0.4, -0.2) is 20.4 Å². The lowest BCUT2D eigenvalue weighted by molar-refractivity contribution is -0.122. The fourth-order valence-corrected chi connectivity index (χ4v) is 2.19. The van der Waals surface area contributed by atoms with Crippen molar-refractivity contribution in [2.24, 2.45) is 11.8 Å². The van der Waals surface area contributed by atoms with Crippen molar-refractivity contribution in [3.63, 3.8) is 0 Å². The summed E-state index contributed by atoms with van der Waals surface area (Å²) in [6.07, 6.45) is 8.01. The highest BCUT2D eigenvalue weighted by Crippen LogP contribution is 2.37. The van der Waals surface area contributed by atoms with E-state index in [0.717, 1.165) is 17.8 Å². The quantitative estimate of drug-likeness (QED) is 0.902. The zero-order chi connectivity index (χ0) is 13.2. The number of pyridine rings is 1. The Morgan fingerprint density at radius 1 is 1.53 bits per heavy atom. The summed E-state index contributed by atoms with van der Waals surface area (Å²) in [5, 5.41) is 2.98. The van der Waals surface area contributed by atoms with Gasteiger partial charge in [-0.15, -0.1) is 0 Å². The van der Waals surface area contributed by atoms with Crippen molar-refractivity contribution in [1.82, 2.24) is 19.9 Å². The minimum Gasteiger partial charge on any atom is -0.352 e. The lowest BCUT2D eigenvalue weighted by Gasteiger charge is -2.09. The fraction of sp³-hybridized carbons (Fsp3) is 0.357. The molecule has 0 aromatic carbocycles. The van der Waals surface area contributed by atoms with Crippen molar-refractivity contribution in [1.29, 1.82) is 0 Å². The molecule has 2 aromatic rings. The van der Waals surface area contributed by atoms with Crippen LogP contribution >= 0.6 is 0 Å². The van der Waals surface area contributed by atoms with E-state index < -0.39 is 0 Å². The Morgan fingerprint density at radius 2 is 2.37 bits per heavy atom. The molecule has 2 aromatic heterocycles. The van der Waals surface area contributed by atoms with E-state index in [0.29, 0.717) is 12.5 Å². The number of hydrogen-bond donors (Lipinski definition) is 1. The molecule has 1 fully saturated rings. The summed E-state index contributed by atoms with van der Waals surface area (Å²) < 4.78 is 1.85. The molecular formula is C14H16N4O. The average Bonchev–Trinajstić information content (AvgIpc) is 2.94. The lowest BCUT2D eigenvalue weighted by Crippen LogP contribution is -2.25. The standard InChI is InChI=1S/C14H16N4O/c1-10-7-12(10)14(19)17-8-11-3-2-4-16-13(11)18-6-5-15-9-18/h2-6,9-10,12H,7-8H2,1H3,(H,17,19)/t10-,12-/m0/s1. The maximum absolute atomic E-state index is 11.8. The number of imidazole rings is 1. The molecule has 0 bridgehead atoms. The van der Waals surface area contributed by atoms with Gasteiger partial charge < -0.3 is 5.32 Å². The Bertz CT molecular complexity index is 579. The number of rotatable bonds is 4. The Kier molecular flexibility index (Phi) is 3.03. The molecule has 0 unspecified atom stereocenters. The molecule has 5 heteroatoms. The van der Waals surface area contributed by atoms with Crippen LogP contribution in [0.4, 0.5) is 0 Å². The van der Waals surface area contributed by atoms with Crippen LogP contribution in [0.3, 0.4) is 0 Å². The maximum atomic E-state index is 11.8. The smallest absolute Gasteiger partial charge is 0.223 e. The molecule has 3 rings (SSSR count). The molecule has 0 saturated heterocycles. The zero-order valence-corrected chi connectivity index (χ0v) is 10.8. The molecular weight excluding hydrogens is 240 g/mol. The summed E-state index contributed by atoms with van der Waals surface area (Å²) in [6.45, 7) is 2.61. The van der Waals surface area contributed by atoms with Gasteiger partial charge in [0.05, 0.1) is 0 Å². The molecule has 1 saturated carbocycles. The van der Waals surface area contributed by atoms with Gasteiger partial charge in [0.15, 0.2) is 0 Å². The van der Waals surface area contributed by atoms with Gasteiger partial charge in [0, 0.05) is 36.6 Å². The second kappa shape index (κ2) is 4.84. The van der Waals surface area contributed by atoms with E-state index in [1.807, 2.05) is 22.9 Å². The normalized spacial score (nSPS) is 21.1. The number of amides is 1. The minimum atomic E-state index is 0.146. The highest BCUT2D eigenvalue weighted by molar-refractivity contribution is 5.81. The second-order valence-electron chi connectivity index (χ2n) is 4.99. The first kappa shape index (κ1) is 11.9. The maximum Gasteiger partial charge on any atom is 0.223 e. The van der Waals surface area contributed by atoms with Crippen molar-refractivity contribution in [2.45, 2.75) is 19.9 Å². The third-order valence-corrected chi connectivity index (χ3v) is 3.52. The molecule has 98 valence electrons. The molecule has 2 atom stereocenters. The third-order valence-electron chi connectivity index (χ3n) is 3.52. The van der Waals surface area contributed by atoms with Crippen LogP contribution in [0.2, 0.25) is 0 Å². The SMILES string of the molecule is C[C@H]1C[C@@H]1C(=O)NCc1cccnc1-n1ccnc1. The highest BCUT2D eigenvalue weighted by Gasteiger charge is 2.38. The molecule has 0 radical (unpaired) electrons. The lowest BCUT2D eigenvalue weighted by atomic mass is 10.2. The van der Waals surface area contributed by atoms with Gasteiger partial charge in [-0.1, -0.05) is 13.0 Å². The van der Waals surface area contributed by atoms with E-state index in [9.17, 15) is 4.79 Å². The summed E-state index contributed by atoms with van der Waals surface area (Å²) in [4.78, 5) is 20.2. The molecule has 1 amide bonds. The van der Waals surface area contributed by atoms with E-state index in [1.165, 1.54) is 0 Å². The van der Waals surface area contributed by atoms with Gasteiger partial charge in [-0.05, 0) is 18.4 Å². The van der Waals surface area contributed by atoms with Crippen LogP contribution in [0.25, 0.3) is 5.82 Å². The topological polar surface area (TPSA) is 59.8 Å². The van der Waals surface area contributed by atoms with Crippen LogP contribution in [0.5, 0.6) is 0 Å². The van der Waals surface area contributed by atoms with Crippen LogP contribution in [0.15, 0.2) is 37.1 Å². The summed E-state index contributed by atoms with van der Waals surface area (Å²) >= 11 is 0. The number of carbonyl (C=O) groups is 1. The van der Waals surface area contributed by atoms with E-state index in [2.05, 4.69) is 22.2 Å². The first-order chi connectivity index (χ1) is 9.25. The van der Waals surface area contributed by atoms with Gasteiger partial charge in [-0.2, -0.15) is 0 Å². The minimum absolute atomic E-state index is 0.146. The van der Waals surface area contributed by atoms with Gasteiger partial charge in [0.25, 0.3) is 0 Å².